The number of nitrogens with one attached hydrogen (secondary N) is 1. The lowest BCUT2D eigenvalue weighted by Crippen LogP contribution is -2.47. The van der Waals surface area contributed by atoms with Crippen LogP contribution in [-0.2, 0) is 9.47 Å². The number of likely N-dealkylation sites (tertiary alicyclic amines) is 1. The molecule has 29 heavy (non-hydrogen) atoms. The van der Waals surface area contributed by atoms with Gasteiger partial charge in [0.05, 0.1) is 24.3 Å². The molecule has 2 aliphatic rings. The summed E-state index contributed by atoms with van der Waals surface area (Å²) in [7, 11) is 0. The van der Waals surface area contributed by atoms with Crippen LogP contribution in [0, 0.1) is 13.8 Å². The molecule has 0 unspecified atom stereocenters. The first-order chi connectivity index (χ1) is 13.9. The maximum absolute atomic E-state index is 12.9. The fourth-order valence-corrected chi connectivity index (χ4v) is 3.95. The number of ether oxygens (including phenoxy) is 2. The summed E-state index contributed by atoms with van der Waals surface area (Å²) in [6.07, 6.45) is 4.28. The molecule has 0 radical (unpaired) electrons. The number of carbonyl (C=O) groups is 2. The van der Waals surface area contributed by atoms with E-state index in [1.165, 1.54) is 12.4 Å². The molecular formula is C22H25N3O4. The van der Waals surface area contributed by atoms with Gasteiger partial charge in [0.2, 0.25) is 0 Å². The number of hydrogen-bond donors (Lipinski definition) is 1. The van der Waals surface area contributed by atoms with E-state index in [4.69, 9.17) is 9.47 Å². The van der Waals surface area contributed by atoms with Crippen molar-refractivity contribution in [3.8, 4) is 0 Å². The van der Waals surface area contributed by atoms with Crippen LogP contribution < -0.4 is 5.32 Å². The minimum absolute atomic E-state index is 0.133. The van der Waals surface area contributed by atoms with Crippen molar-refractivity contribution in [1.29, 1.82) is 0 Å². The number of hydrogen-bond acceptors (Lipinski definition) is 5. The molecule has 2 aliphatic heterocycles. The first-order valence-corrected chi connectivity index (χ1v) is 9.86. The Labute approximate surface area is 170 Å². The van der Waals surface area contributed by atoms with Gasteiger partial charge in [-0.2, -0.15) is 0 Å². The van der Waals surface area contributed by atoms with Crippen molar-refractivity contribution in [2.24, 2.45) is 0 Å². The van der Waals surface area contributed by atoms with Gasteiger partial charge in [-0.05, 0) is 43.2 Å². The molecule has 0 saturated carbocycles. The van der Waals surface area contributed by atoms with E-state index in [0.29, 0.717) is 50.3 Å². The smallest absolute Gasteiger partial charge is 0.257 e. The van der Waals surface area contributed by atoms with Gasteiger partial charge in [0.15, 0.2) is 5.79 Å². The Kier molecular flexibility index (Phi) is 5.34. The summed E-state index contributed by atoms with van der Waals surface area (Å²) in [4.78, 5) is 31.4. The summed E-state index contributed by atoms with van der Waals surface area (Å²) >= 11 is 0. The Hall–Kier alpha value is -2.77. The Bertz CT molecular complexity index is 907. The zero-order valence-electron chi connectivity index (χ0n) is 16.7. The van der Waals surface area contributed by atoms with Crippen molar-refractivity contribution in [3.63, 3.8) is 0 Å². The summed E-state index contributed by atoms with van der Waals surface area (Å²) in [5.41, 5.74) is 3.62. The van der Waals surface area contributed by atoms with Gasteiger partial charge in [0.25, 0.3) is 11.8 Å². The highest BCUT2D eigenvalue weighted by atomic mass is 16.7. The van der Waals surface area contributed by atoms with E-state index < -0.39 is 5.79 Å². The molecule has 152 valence electrons. The van der Waals surface area contributed by atoms with Gasteiger partial charge >= 0.3 is 0 Å². The molecule has 7 nitrogen and oxygen atoms in total. The number of anilines is 1. The van der Waals surface area contributed by atoms with Crippen LogP contribution in [0.4, 0.5) is 5.69 Å². The fourth-order valence-electron chi connectivity index (χ4n) is 3.95. The van der Waals surface area contributed by atoms with Crippen molar-refractivity contribution in [2.45, 2.75) is 32.5 Å². The number of nitrogens with zero attached hydrogens (tertiary/aromatic N) is 2. The highest BCUT2D eigenvalue weighted by Gasteiger charge is 2.40. The number of pyridine rings is 1. The van der Waals surface area contributed by atoms with Crippen LogP contribution in [-0.4, -0.2) is 53.8 Å². The summed E-state index contributed by atoms with van der Waals surface area (Å²) in [6.45, 7) is 6.28. The lowest BCUT2D eigenvalue weighted by molar-refractivity contribution is -0.181. The van der Waals surface area contributed by atoms with E-state index in [9.17, 15) is 9.59 Å². The third kappa shape index (κ3) is 4.31. The number of rotatable bonds is 3. The lowest BCUT2D eigenvalue weighted by Gasteiger charge is -2.37. The predicted molar refractivity (Wildman–Crippen MR) is 108 cm³/mol. The molecular weight excluding hydrogens is 370 g/mol. The molecule has 2 amide bonds. The Morgan fingerprint density at radius 2 is 1.59 bits per heavy atom. The van der Waals surface area contributed by atoms with Gasteiger partial charge in [-0.25, -0.2) is 0 Å². The maximum atomic E-state index is 12.9. The Morgan fingerprint density at radius 1 is 0.966 bits per heavy atom. The maximum Gasteiger partial charge on any atom is 0.257 e. The third-order valence-electron chi connectivity index (χ3n) is 5.35. The molecule has 1 spiro atoms. The summed E-state index contributed by atoms with van der Waals surface area (Å²) in [5.74, 6) is -0.947. The van der Waals surface area contributed by atoms with Crippen molar-refractivity contribution in [1.82, 2.24) is 9.88 Å². The molecule has 4 rings (SSSR count). The number of aromatic nitrogens is 1. The second-order valence-corrected chi connectivity index (χ2v) is 7.69. The van der Waals surface area contributed by atoms with Crippen LogP contribution in [0.2, 0.25) is 0 Å². The average molecular weight is 395 g/mol. The molecule has 1 aromatic carbocycles. The average Bonchev–Trinajstić information content (AvgIpc) is 3.15. The standard InChI is InChI=1S/C22H25N3O4/c1-15-9-16(2)11-19(10-15)24-20(26)17-12-18(14-23-13-17)21(27)25-5-3-22(4-6-25)28-7-8-29-22/h9-14H,3-8H2,1-2H3,(H,24,26). The SMILES string of the molecule is Cc1cc(C)cc(NC(=O)c2cncc(C(=O)N3CCC4(CC3)OCCO4)c2)c1. The van der Waals surface area contributed by atoms with Gasteiger partial charge in [-0.3, -0.25) is 14.6 Å². The van der Waals surface area contributed by atoms with Crippen molar-refractivity contribution < 1.29 is 19.1 Å². The van der Waals surface area contributed by atoms with Crippen molar-refractivity contribution in [3.05, 3.63) is 58.9 Å². The minimum Gasteiger partial charge on any atom is -0.347 e. The van der Waals surface area contributed by atoms with Gasteiger partial charge < -0.3 is 19.7 Å². The van der Waals surface area contributed by atoms with Gasteiger partial charge in [-0.1, -0.05) is 6.07 Å². The number of benzene rings is 1. The Morgan fingerprint density at radius 3 is 2.24 bits per heavy atom. The first-order valence-electron chi connectivity index (χ1n) is 9.86. The number of amides is 2. The molecule has 2 saturated heterocycles. The molecule has 2 fully saturated rings. The Balaban J connectivity index is 1.44. The molecule has 1 aromatic heterocycles. The van der Waals surface area contributed by atoms with Crippen LogP contribution in [0.1, 0.15) is 44.7 Å². The van der Waals surface area contributed by atoms with Crippen molar-refractivity contribution in [2.75, 3.05) is 31.6 Å². The largest absolute Gasteiger partial charge is 0.347 e. The topological polar surface area (TPSA) is 80.8 Å². The van der Waals surface area contributed by atoms with Crippen LogP contribution in [0.15, 0.2) is 36.7 Å². The lowest BCUT2D eigenvalue weighted by atomic mass is 10.0. The quantitative estimate of drug-likeness (QED) is 0.864. The molecule has 0 bridgehead atoms. The summed E-state index contributed by atoms with van der Waals surface area (Å²) < 4.78 is 11.4. The van der Waals surface area contributed by atoms with E-state index in [-0.39, 0.29) is 11.8 Å². The van der Waals surface area contributed by atoms with E-state index in [1.807, 2.05) is 32.0 Å². The van der Waals surface area contributed by atoms with Gasteiger partial charge in [0, 0.05) is 44.0 Å². The predicted octanol–water partition coefficient (Wildman–Crippen LogP) is 2.93. The molecule has 3 heterocycles. The zero-order valence-corrected chi connectivity index (χ0v) is 16.7. The van der Waals surface area contributed by atoms with E-state index in [0.717, 1.165) is 16.8 Å². The number of piperidine rings is 1. The third-order valence-corrected chi connectivity index (χ3v) is 5.35. The molecule has 0 atom stereocenters. The number of carbonyl (C=O) groups excluding carboxylic acids is 2. The van der Waals surface area contributed by atoms with Gasteiger partial charge in [-0.15, -0.1) is 0 Å². The molecule has 2 aromatic rings. The van der Waals surface area contributed by atoms with E-state index in [1.54, 1.807) is 11.0 Å². The highest BCUT2D eigenvalue weighted by molar-refractivity contribution is 6.05. The van der Waals surface area contributed by atoms with E-state index in [2.05, 4.69) is 10.3 Å². The summed E-state index contributed by atoms with van der Waals surface area (Å²) in [5, 5.41) is 2.88. The number of aryl methyl sites for hydroxylation is 2. The van der Waals surface area contributed by atoms with E-state index >= 15 is 0 Å². The van der Waals surface area contributed by atoms with Crippen LogP contribution in [0.3, 0.4) is 0 Å². The highest BCUT2D eigenvalue weighted by Crippen LogP contribution is 2.31. The van der Waals surface area contributed by atoms with Crippen LogP contribution in [0.5, 0.6) is 0 Å². The second kappa shape index (κ2) is 7.93. The van der Waals surface area contributed by atoms with Gasteiger partial charge in [0.1, 0.15) is 0 Å². The van der Waals surface area contributed by atoms with Crippen LogP contribution >= 0.6 is 0 Å². The molecule has 1 N–H and O–H groups in total. The second-order valence-electron chi connectivity index (χ2n) is 7.69. The van der Waals surface area contributed by atoms with Crippen molar-refractivity contribution >= 4 is 17.5 Å². The normalized spacial score (nSPS) is 18.1. The molecule has 7 heteroatoms. The first kappa shape index (κ1) is 19.5. The summed E-state index contributed by atoms with van der Waals surface area (Å²) in [6, 6.07) is 7.45. The molecule has 0 aliphatic carbocycles. The fraction of sp³-hybridized carbons (Fsp3) is 0.409. The monoisotopic (exact) mass is 395 g/mol. The zero-order chi connectivity index (χ0) is 20.4. The minimum atomic E-state index is -0.525. The van der Waals surface area contributed by atoms with Crippen LogP contribution in [0.25, 0.3) is 0 Å².